The number of hydrogen-bond acceptors (Lipinski definition) is 5. The molecule has 0 radical (unpaired) electrons. The summed E-state index contributed by atoms with van der Waals surface area (Å²) in [6.07, 6.45) is 2.53. The van der Waals surface area contributed by atoms with Crippen molar-refractivity contribution in [3.8, 4) is 11.5 Å². The molecule has 0 spiro atoms. The highest BCUT2D eigenvalue weighted by Crippen LogP contribution is 2.29. The van der Waals surface area contributed by atoms with Crippen LogP contribution in [0.25, 0.3) is 10.9 Å². The van der Waals surface area contributed by atoms with Crippen LogP contribution in [0.1, 0.15) is 47.1 Å². The Morgan fingerprint density at radius 1 is 0.966 bits per heavy atom. The van der Waals surface area contributed by atoms with Gasteiger partial charge in [-0.05, 0) is 44.0 Å². The lowest BCUT2D eigenvalue weighted by Gasteiger charge is -2.12. The average Bonchev–Trinajstić information content (AvgIpc) is 3.17. The van der Waals surface area contributed by atoms with Crippen molar-refractivity contribution in [2.24, 2.45) is 0 Å². The maximum absolute atomic E-state index is 12.6. The number of nitrogens with one attached hydrogen (secondary N) is 1. The summed E-state index contributed by atoms with van der Waals surface area (Å²) in [5.41, 5.74) is 2.90. The summed E-state index contributed by atoms with van der Waals surface area (Å²) >= 11 is 0. The molecular weight excluding hydrogens is 370 g/mol. The van der Waals surface area contributed by atoms with E-state index in [9.17, 15) is 9.59 Å². The van der Waals surface area contributed by atoms with Gasteiger partial charge in [0.2, 0.25) is 5.78 Å². The Hall–Kier alpha value is -3.28. The van der Waals surface area contributed by atoms with Crippen molar-refractivity contribution < 1.29 is 23.8 Å². The fraction of sp³-hybridized carbons (Fsp3) is 0.304. The van der Waals surface area contributed by atoms with Crippen LogP contribution >= 0.6 is 0 Å². The van der Waals surface area contributed by atoms with Gasteiger partial charge >= 0.3 is 5.97 Å². The molecule has 6 heteroatoms. The van der Waals surface area contributed by atoms with Crippen molar-refractivity contribution in [1.29, 1.82) is 0 Å². The molecule has 3 rings (SSSR count). The van der Waals surface area contributed by atoms with Gasteiger partial charge in [-0.25, -0.2) is 4.79 Å². The van der Waals surface area contributed by atoms with Gasteiger partial charge in [0.15, 0.2) is 18.1 Å². The van der Waals surface area contributed by atoms with Crippen LogP contribution in [0.3, 0.4) is 0 Å². The van der Waals surface area contributed by atoms with Crippen molar-refractivity contribution >= 4 is 22.7 Å². The molecule has 1 heterocycles. The van der Waals surface area contributed by atoms with Crippen molar-refractivity contribution in [3.63, 3.8) is 0 Å². The van der Waals surface area contributed by atoms with E-state index in [1.807, 2.05) is 32.0 Å². The molecule has 0 saturated heterocycles. The van der Waals surface area contributed by atoms with E-state index in [-0.39, 0.29) is 12.4 Å². The number of rotatable bonds is 9. The first-order chi connectivity index (χ1) is 14.1. The van der Waals surface area contributed by atoms with Crippen LogP contribution < -0.4 is 9.47 Å². The van der Waals surface area contributed by atoms with Gasteiger partial charge in [0.05, 0.1) is 18.8 Å². The third-order valence-corrected chi connectivity index (χ3v) is 4.60. The number of aryl methyl sites for hydroxylation is 1. The van der Waals surface area contributed by atoms with E-state index in [1.54, 1.807) is 24.4 Å². The van der Waals surface area contributed by atoms with Crippen LogP contribution in [0.5, 0.6) is 11.5 Å². The fourth-order valence-corrected chi connectivity index (χ4v) is 3.21. The number of hydrogen-bond donors (Lipinski definition) is 1. The van der Waals surface area contributed by atoms with Gasteiger partial charge in [-0.3, -0.25) is 4.79 Å². The quantitative estimate of drug-likeness (QED) is 0.424. The van der Waals surface area contributed by atoms with Crippen LogP contribution in [-0.2, 0) is 11.2 Å². The van der Waals surface area contributed by atoms with Gasteiger partial charge in [-0.1, -0.05) is 25.1 Å². The molecule has 29 heavy (non-hydrogen) atoms. The molecule has 1 N–H and O–H groups in total. The van der Waals surface area contributed by atoms with Crippen LogP contribution in [0.2, 0.25) is 0 Å². The van der Waals surface area contributed by atoms with Crippen LogP contribution in [-0.4, -0.2) is 36.6 Å². The number of ketones is 1. The van der Waals surface area contributed by atoms with E-state index < -0.39 is 5.97 Å². The summed E-state index contributed by atoms with van der Waals surface area (Å²) in [5, 5.41) is 0.838. The number of benzene rings is 2. The average molecular weight is 395 g/mol. The van der Waals surface area contributed by atoms with E-state index in [0.717, 1.165) is 22.9 Å². The first-order valence-corrected chi connectivity index (χ1v) is 9.77. The highest BCUT2D eigenvalue weighted by atomic mass is 16.5. The van der Waals surface area contributed by atoms with Crippen LogP contribution in [0, 0.1) is 0 Å². The van der Waals surface area contributed by atoms with Gasteiger partial charge in [0.25, 0.3) is 0 Å². The molecule has 6 nitrogen and oxygen atoms in total. The number of H-pyrrole nitrogens is 1. The predicted octanol–water partition coefficient (Wildman–Crippen LogP) is 4.57. The molecule has 0 bridgehead atoms. The molecule has 3 aromatic rings. The highest BCUT2D eigenvalue weighted by Gasteiger charge is 2.17. The molecule has 0 aliphatic carbocycles. The largest absolute Gasteiger partial charge is 0.490 e. The fourth-order valence-electron chi connectivity index (χ4n) is 3.21. The number of para-hydroxylation sites is 1. The van der Waals surface area contributed by atoms with Gasteiger partial charge in [-0.15, -0.1) is 0 Å². The third kappa shape index (κ3) is 4.42. The summed E-state index contributed by atoms with van der Waals surface area (Å²) in [6, 6.07) is 10.7. The molecule has 0 amide bonds. The first-order valence-electron chi connectivity index (χ1n) is 9.77. The van der Waals surface area contributed by atoms with Crippen LogP contribution in [0.4, 0.5) is 0 Å². The van der Waals surface area contributed by atoms with Crippen molar-refractivity contribution in [3.05, 3.63) is 59.3 Å². The predicted molar refractivity (Wildman–Crippen MR) is 111 cm³/mol. The maximum Gasteiger partial charge on any atom is 0.338 e. The molecule has 0 atom stereocenters. The minimum Gasteiger partial charge on any atom is -0.490 e. The molecule has 2 aromatic carbocycles. The van der Waals surface area contributed by atoms with E-state index in [4.69, 9.17) is 14.2 Å². The van der Waals surface area contributed by atoms with E-state index >= 15 is 0 Å². The van der Waals surface area contributed by atoms with E-state index in [0.29, 0.717) is 35.8 Å². The lowest BCUT2D eigenvalue weighted by atomic mass is 10.1. The molecule has 0 unspecified atom stereocenters. The number of ether oxygens (including phenoxy) is 3. The molecule has 0 saturated carbocycles. The van der Waals surface area contributed by atoms with Gasteiger partial charge in [0.1, 0.15) is 0 Å². The topological polar surface area (TPSA) is 77.6 Å². The number of Topliss-reactive ketones (excluding diaryl/α,β-unsaturated/α-hetero) is 1. The maximum atomic E-state index is 12.6. The molecule has 0 aliphatic rings. The van der Waals surface area contributed by atoms with Gasteiger partial charge in [0, 0.05) is 22.7 Å². The second-order valence-electron chi connectivity index (χ2n) is 6.42. The monoisotopic (exact) mass is 395 g/mol. The Morgan fingerprint density at radius 3 is 2.45 bits per heavy atom. The Morgan fingerprint density at radius 2 is 1.72 bits per heavy atom. The summed E-state index contributed by atoms with van der Waals surface area (Å²) in [7, 11) is 0. The Labute approximate surface area is 169 Å². The molecule has 1 aromatic heterocycles. The summed E-state index contributed by atoms with van der Waals surface area (Å²) in [6.45, 7) is 6.38. The first kappa shape index (κ1) is 20.5. The standard InChI is InChI=1S/C23H25NO5/c1-4-15-8-7-9-17-18(13-24-22(15)17)19(25)14-29-23(26)16-10-11-20(27-5-2)21(12-16)28-6-3/h7-13,24H,4-6,14H2,1-3H3. The van der Waals surface area contributed by atoms with Crippen LogP contribution in [0.15, 0.2) is 42.6 Å². The normalized spacial score (nSPS) is 10.7. The summed E-state index contributed by atoms with van der Waals surface area (Å²) < 4.78 is 16.3. The highest BCUT2D eigenvalue weighted by molar-refractivity contribution is 6.09. The molecule has 152 valence electrons. The summed E-state index contributed by atoms with van der Waals surface area (Å²) in [4.78, 5) is 28.2. The zero-order valence-corrected chi connectivity index (χ0v) is 16.9. The molecule has 0 aliphatic heterocycles. The lowest BCUT2D eigenvalue weighted by Crippen LogP contribution is -2.14. The van der Waals surface area contributed by atoms with Crippen molar-refractivity contribution in [2.75, 3.05) is 19.8 Å². The summed E-state index contributed by atoms with van der Waals surface area (Å²) in [5.74, 6) is 0.191. The minimum absolute atomic E-state index is 0.256. The van der Waals surface area contributed by atoms with Gasteiger partial charge < -0.3 is 19.2 Å². The Bertz CT molecular complexity index is 1020. The minimum atomic E-state index is -0.587. The number of fused-ring (bicyclic) bond motifs is 1. The zero-order chi connectivity index (χ0) is 20.8. The smallest absolute Gasteiger partial charge is 0.338 e. The number of aromatic nitrogens is 1. The number of carbonyl (C=O) groups excluding carboxylic acids is 2. The number of esters is 1. The number of aromatic amines is 1. The second kappa shape index (κ2) is 9.28. The van der Waals surface area contributed by atoms with Crippen molar-refractivity contribution in [1.82, 2.24) is 4.98 Å². The molecule has 0 fully saturated rings. The Kier molecular flexibility index (Phi) is 6.54. The van der Waals surface area contributed by atoms with Crippen molar-refractivity contribution in [2.45, 2.75) is 27.2 Å². The van der Waals surface area contributed by atoms with E-state index in [1.165, 1.54) is 0 Å². The third-order valence-electron chi connectivity index (χ3n) is 4.60. The Balaban J connectivity index is 1.72. The zero-order valence-electron chi connectivity index (χ0n) is 16.9. The number of carbonyl (C=O) groups is 2. The second-order valence-corrected chi connectivity index (χ2v) is 6.42. The van der Waals surface area contributed by atoms with E-state index in [2.05, 4.69) is 11.9 Å². The van der Waals surface area contributed by atoms with Gasteiger partial charge in [-0.2, -0.15) is 0 Å². The lowest BCUT2D eigenvalue weighted by molar-refractivity contribution is 0.0474. The molecular formula is C23H25NO5. The SMILES string of the molecule is CCOc1ccc(C(=O)OCC(=O)c2c[nH]c3c(CC)cccc23)cc1OCC.